The first-order valence-electron chi connectivity index (χ1n) is 7.28. The summed E-state index contributed by atoms with van der Waals surface area (Å²) >= 11 is 0. The number of benzene rings is 2. The summed E-state index contributed by atoms with van der Waals surface area (Å²) in [5.74, 6) is 1.42. The largest absolute Gasteiger partial charge is 0.493 e. The van der Waals surface area contributed by atoms with E-state index < -0.39 is 0 Å². The molecule has 0 bridgehead atoms. The molecule has 0 aliphatic heterocycles. The fourth-order valence-corrected chi connectivity index (χ4v) is 2.20. The molecule has 0 spiro atoms. The molecule has 0 radical (unpaired) electrons. The van der Waals surface area contributed by atoms with Crippen molar-refractivity contribution in [1.29, 1.82) is 0 Å². The molecule has 1 N–H and O–H groups in total. The highest BCUT2D eigenvalue weighted by atomic mass is 16.5. The molecule has 0 aromatic heterocycles. The van der Waals surface area contributed by atoms with Crippen LogP contribution in [0.3, 0.4) is 0 Å². The van der Waals surface area contributed by atoms with Crippen molar-refractivity contribution in [2.75, 3.05) is 20.8 Å². The number of fused-ring (bicyclic) bond motifs is 1. The molecule has 22 heavy (non-hydrogen) atoms. The number of hydrogen-bond acceptors (Lipinski definition) is 4. The van der Waals surface area contributed by atoms with Gasteiger partial charge >= 0.3 is 0 Å². The first-order chi connectivity index (χ1) is 10.3. The summed E-state index contributed by atoms with van der Waals surface area (Å²) in [6.07, 6.45) is 0. The number of rotatable bonds is 5. The van der Waals surface area contributed by atoms with Gasteiger partial charge in [0.15, 0.2) is 17.3 Å². The second kappa shape index (κ2) is 6.36. The van der Waals surface area contributed by atoms with Gasteiger partial charge in [0.2, 0.25) is 0 Å². The highest BCUT2D eigenvalue weighted by molar-refractivity contribution is 6.01. The molecule has 0 heterocycles. The lowest BCUT2D eigenvalue weighted by Crippen LogP contribution is -2.39. The summed E-state index contributed by atoms with van der Waals surface area (Å²) in [7, 11) is 3.21. The van der Waals surface area contributed by atoms with Crippen LogP contribution in [0.15, 0.2) is 30.3 Å². The lowest BCUT2D eigenvalue weighted by molar-refractivity contribution is 0.0982. The Morgan fingerprint density at radius 1 is 1.00 bits per heavy atom. The predicted molar refractivity (Wildman–Crippen MR) is 89.1 cm³/mol. The van der Waals surface area contributed by atoms with Gasteiger partial charge in [-0.15, -0.1) is 0 Å². The van der Waals surface area contributed by atoms with E-state index in [2.05, 4.69) is 5.32 Å². The summed E-state index contributed by atoms with van der Waals surface area (Å²) in [6.45, 7) is 6.44. The molecule has 4 heteroatoms. The van der Waals surface area contributed by atoms with E-state index in [1.54, 1.807) is 14.2 Å². The molecular formula is C18H23NO3. The van der Waals surface area contributed by atoms with E-state index >= 15 is 0 Å². The van der Waals surface area contributed by atoms with Crippen LogP contribution in [0, 0.1) is 0 Å². The van der Waals surface area contributed by atoms with Gasteiger partial charge in [0.25, 0.3) is 0 Å². The second-order valence-electron chi connectivity index (χ2n) is 6.30. The maximum atomic E-state index is 12.3. The molecule has 0 saturated carbocycles. The third kappa shape index (κ3) is 3.77. The number of hydrogen-bond donors (Lipinski definition) is 1. The van der Waals surface area contributed by atoms with Crippen molar-refractivity contribution >= 4 is 16.6 Å². The third-order valence-electron chi connectivity index (χ3n) is 3.44. The van der Waals surface area contributed by atoms with Gasteiger partial charge in [-0.25, -0.2) is 0 Å². The molecule has 0 fully saturated rings. The number of ketones is 1. The van der Waals surface area contributed by atoms with Crippen LogP contribution in [0.5, 0.6) is 11.5 Å². The molecule has 2 aromatic carbocycles. The molecule has 0 aliphatic carbocycles. The maximum absolute atomic E-state index is 12.3. The van der Waals surface area contributed by atoms with Crippen molar-refractivity contribution in [3.05, 3.63) is 35.9 Å². The fraction of sp³-hybridized carbons (Fsp3) is 0.389. The smallest absolute Gasteiger partial charge is 0.176 e. The SMILES string of the molecule is COc1cc2ccc(C(=O)CNC(C)(C)C)cc2cc1OC. The van der Waals surface area contributed by atoms with Gasteiger partial charge in [-0.2, -0.15) is 0 Å². The van der Waals surface area contributed by atoms with Crippen LogP contribution in [0.25, 0.3) is 10.8 Å². The first-order valence-corrected chi connectivity index (χ1v) is 7.28. The van der Waals surface area contributed by atoms with Crippen molar-refractivity contribution in [3.63, 3.8) is 0 Å². The van der Waals surface area contributed by atoms with Gasteiger partial charge in [0.1, 0.15) is 0 Å². The molecular weight excluding hydrogens is 278 g/mol. The number of carbonyl (C=O) groups excluding carboxylic acids is 1. The Labute approximate surface area is 131 Å². The fourth-order valence-electron chi connectivity index (χ4n) is 2.20. The van der Waals surface area contributed by atoms with Crippen LogP contribution >= 0.6 is 0 Å². The monoisotopic (exact) mass is 301 g/mol. The Kier molecular flexibility index (Phi) is 4.71. The second-order valence-corrected chi connectivity index (χ2v) is 6.30. The van der Waals surface area contributed by atoms with Crippen LogP contribution in [-0.2, 0) is 0 Å². The normalized spacial score (nSPS) is 11.5. The van der Waals surface area contributed by atoms with Gasteiger partial charge in [0, 0.05) is 11.1 Å². The van der Waals surface area contributed by atoms with Gasteiger partial charge < -0.3 is 14.8 Å². The molecule has 0 aliphatic rings. The topological polar surface area (TPSA) is 47.6 Å². The molecule has 0 unspecified atom stereocenters. The highest BCUT2D eigenvalue weighted by Crippen LogP contribution is 2.32. The van der Waals surface area contributed by atoms with E-state index in [1.807, 2.05) is 51.1 Å². The number of ether oxygens (including phenoxy) is 2. The summed E-state index contributed by atoms with van der Waals surface area (Å²) < 4.78 is 10.6. The maximum Gasteiger partial charge on any atom is 0.176 e. The molecule has 118 valence electrons. The zero-order valence-corrected chi connectivity index (χ0v) is 13.8. The van der Waals surface area contributed by atoms with Crippen LogP contribution in [0.2, 0.25) is 0 Å². The van der Waals surface area contributed by atoms with Crippen LogP contribution in [0.1, 0.15) is 31.1 Å². The van der Waals surface area contributed by atoms with E-state index in [-0.39, 0.29) is 11.3 Å². The Bertz CT molecular complexity index is 687. The zero-order valence-electron chi connectivity index (χ0n) is 13.8. The lowest BCUT2D eigenvalue weighted by atomic mass is 10.0. The summed E-state index contributed by atoms with van der Waals surface area (Å²) in [5.41, 5.74) is 0.611. The van der Waals surface area contributed by atoms with Gasteiger partial charge in [-0.1, -0.05) is 12.1 Å². The number of carbonyl (C=O) groups is 1. The lowest BCUT2D eigenvalue weighted by Gasteiger charge is -2.19. The minimum absolute atomic E-state index is 0.0756. The molecule has 4 nitrogen and oxygen atoms in total. The van der Waals surface area contributed by atoms with E-state index in [0.717, 1.165) is 10.8 Å². The third-order valence-corrected chi connectivity index (χ3v) is 3.44. The Hall–Kier alpha value is -2.07. The molecule has 2 rings (SSSR count). The Balaban J connectivity index is 2.31. The summed E-state index contributed by atoms with van der Waals surface area (Å²) in [6, 6.07) is 9.48. The number of Topliss-reactive ketones (excluding diaryl/α,β-unsaturated/α-hetero) is 1. The molecule has 0 atom stereocenters. The molecule has 0 saturated heterocycles. The van der Waals surface area contributed by atoms with Gasteiger partial charge in [-0.3, -0.25) is 4.79 Å². The summed E-state index contributed by atoms with van der Waals surface area (Å²) in [5, 5.41) is 5.18. The number of methoxy groups -OCH3 is 2. The number of nitrogens with one attached hydrogen (secondary N) is 1. The van der Waals surface area contributed by atoms with E-state index in [0.29, 0.717) is 23.6 Å². The standard InChI is InChI=1S/C18H23NO3/c1-18(2,3)19-11-15(20)13-7-6-12-9-16(21-4)17(22-5)10-14(12)8-13/h6-10,19H,11H2,1-5H3. The van der Waals surface area contributed by atoms with Gasteiger partial charge in [-0.05, 0) is 49.7 Å². The Morgan fingerprint density at radius 3 is 2.14 bits per heavy atom. The first kappa shape index (κ1) is 16.3. The van der Waals surface area contributed by atoms with Crippen molar-refractivity contribution in [3.8, 4) is 11.5 Å². The predicted octanol–water partition coefficient (Wildman–Crippen LogP) is 3.43. The molecule has 0 amide bonds. The Morgan fingerprint density at radius 2 is 1.59 bits per heavy atom. The summed E-state index contributed by atoms with van der Waals surface area (Å²) in [4.78, 5) is 12.3. The van der Waals surface area contributed by atoms with Gasteiger partial charge in [0.05, 0.1) is 20.8 Å². The quantitative estimate of drug-likeness (QED) is 0.860. The zero-order chi connectivity index (χ0) is 16.3. The minimum atomic E-state index is -0.0803. The highest BCUT2D eigenvalue weighted by Gasteiger charge is 2.14. The average Bonchev–Trinajstić information content (AvgIpc) is 2.49. The molecule has 2 aromatic rings. The van der Waals surface area contributed by atoms with Crippen molar-refractivity contribution < 1.29 is 14.3 Å². The van der Waals surface area contributed by atoms with Crippen molar-refractivity contribution in [2.45, 2.75) is 26.3 Å². The van der Waals surface area contributed by atoms with E-state index in [9.17, 15) is 4.79 Å². The van der Waals surface area contributed by atoms with Crippen molar-refractivity contribution in [1.82, 2.24) is 5.32 Å². The van der Waals surface area contributed by atoms with Crippen LogP contribution in [-0.4, -0.2) is 32.1 Å². The minimum Gasteiger partial charge on any atom is -0.493 e. The van der Waals surface area contributed by atoms with Crippen molar-refractivity contribution in [2.24, 2.45) is 0 Å². The van der Waals surface area contributed by atoms with E-state index in [4.69, 9.17) is 9.47 Å². The van der Waals surface area contributed by atoms with Crippen LogP contribution in [0.4, 0.5) is 0 Å². The average molecular weight is 301 g/mol. The van der Waals surface area contributed by atoms with Crippen LogP contribution < -0.4 is 14.8 Å². The van der Waals surface area contributed by atoms with E-state index in [1.165, 1.54) is 0 Å².